The van der Waals surface area contributed by atoms with Gasteiger partial charge in [-0.2, -0.15) is 0 Å². The molecule has 1 saturated carbocycles. The first-order valence-corrected chi connectivity index (χ1v) is 17.2. The number of nitrogens with zero attached hydrogens (tertiary/aromatic N) is 2. The van der Waals surface area contributed by atoms with Gasteiger partial charge in [-0.05, 0) is 80.5 Å². The molecule has 1 atom stereocenters. The van der Waals surface area contributed by atoms with Crippen LogP contribution in [-0.4, -0.2) is 50.0 Å². The number of thioether (sulfide) groups is 1. The molecule has 10 heteroatoms. The summed E-state index contributed by atoms with van der Waals surface area (Å²) in [7, 11) is -4.12. The lowest BCUT2D eigenvalue weighted by Crippen LogP contribution is -2.53. The number of carbonyl (C=O) groups is 2. The zero-order chi connectivity index (χ0) is 30.3. The second-order valence-electron chi connectivity index (χ2n) is 10.5. The summed E-state index contributed by atoms with van der Waals surface area (Å²) >= 11 is 8.00. The monoisotopic (exact) mass is 627 g/mol. The standard InChI is InChI=1S/C32H38ClN3O4S2/c1-4-30(32(38)34-25-10-6-7-11-25)35(21-24-9-5-8-12-29(24)33)31(37)22-36(26-15-13-23(2)14-16-26)42(39,40)28-19-17-27(41-3)18-20-28/h5,8-9,12-20,25,30H,4,6-7,10-11,21-22H2,1-3H3,(H,34,38)/t30-/m0/s1. The fourth-order valence-corrected chi connectivity index (χ4v) is 7.23. The minimum absolute atomic E-state index is 0.0688. The number of sulfonamides is 1. The lowest BCUT2D eigenvalue weighted by molar-refractivity contribution is -0.140. The van der Waals surface area contributed by atoms with Gasteiger partial charge in [0.15, 0.2) is 0 Å². The Hall–Kier alpha value is -3.01. The van der Waals surface area contributed by atoms with E-state index in [-0.39, 0.29) is 23.4 Å². The van der Waals surface area contributed by atoms with E-state index < -0.39 is 28.5 Å². The van der Waals surface area contributed by atoms with Crippen LogP contribution in [0.3, 0.4) is 0 Å². The van der Waals surface area contributed by atoms with Gasteiger partial charge in [-0.25, -0.2) is 8.42 Å². The molecule has 0 unspecified atom stereocenters. The number of halogens is 1. The molecule has 1 aliphatic carbocycles. The fourth-order valence-electron chi connectivity index (χ4n) is 5.21. The average molecular weight is 628 g/mol. The number of benzene rings is 3. The highest BCUT2D eigenvalue weighted by Crippen LogP contribution is 2.27. The quantitative estimate of drug-likeness (QED) is 0.234. The first kappa shape index (κ1) is 31.9. The third-order valence-electron chi connectivity index (χ3n) is 7.63. The molecule has 7 nitrogen and oxygen atoms in total. The van der Waals surface area contributed by atoms with Crippen molar-refractivity contribution in [2.45, 2.75) is 74.4 Å². The van der Waals surface area contributed by atoms with Crippen LogP contribution in [-0.2, 0) is 26.2 Å². The van der Waals surface area contributed by atoms with Gasteiger partial charge in [0.05, 0.1) is 10.6 Å². The summed E-state index contributed by atoms with van der Waals surface area (Å²) in [5, 5.41) is 3.59. The molecule has 0 radical (unpaired) electrons. The third kappa shape index (κ3) is 7.68. The Morgan fingerprint density at radius 2 is 1.64 bits per heavy atom. The van der Waals surface area contributed by atoms with Crippen molar-refractivity contribution in [2.75, 3.05) is 17.1 Å². The molecule has 2 amide bonds. The Balaban J connectivity index is 1.71. The van der Waals surface area contributed by atoms with Crippen molar-refractivity contribution < 1.29 is 18.0 Å². The Labute approximate surface area is 258 Å². The van der Waals surface area contributed by atoms with E-state index in [0.29, 0.717) is 22.7 Å². The van der Waals surface area contributed by atoms with E-state index in [4.69, 9.17) is 11.6 Å². The first-order chi connectivity index (χ1) is 20.1. The molecule has 42 heavy (non-hydrogen) atoms. The van der Waals surface area contributed by atoms with E-state index >= 15 is 0 Å². The van der Waals surface area contributed by atoms with Gasteiger partial charge < -0.3 is 10.2 Å². The second-order valence-corrected chi connectivity index (χ2v) is 13.7. The van der Waals surface area contributed by atoms with Crippen molar-refractivity contribution in [1.29, 1.82) is 0 Å². The van der Waals surface area contributed by atoms with E-state index in [1.807, 2.05) is 44.4 Å². The van der Waals surface area contributed by atoms with Crippen molar-refractivity contribution in [3.05, 3.63) is 88.9 Å². The van der Waals surface area contributed by atoms with E-state index in [2.05, 4.69) is 5.32 Å². The van der Waals surface area contributed by atoms with Crippen LogP contribution < -0.4 is 9.62 Å². The normalized spacial score (nSPS) is 14.4. The van der Waals surface area contributed by atoms with Gasteiger partial charge in [-0.1, -0.05) is 67.3 Å². The number of aryl methyl sites for hydroxylation is 1. The molecular weight excluding hydrogens is 590 g/mol. The summed E-state index contributed by atoms with van der Waals surface area (Å²) in [4.78, 5) is 30.3. The number of amides is 2. The SMILES string of the molecule is CC[C@@H](C(=O)NC1CCCC1)N(Cc1ccccc1Cl)C(=O)CN(c1ccc(C)cc1)S(=O)(=O)c1ccc(SC)cc1. The maximum absolute atomic E-state index is 14.2. The van der Waals surface area contributed by atoms with Gasteiger partial charge in [0.1, 0.15) is 12.6 Å². The van der Waals surface area contributed by atoms with E-state index in [9.17, 15) is 18.0 Å². The maximum Gasteiger partial charge on any atom is 0.264 e. The topological polar surface area (TPSA) is 86.8 Å². The minimum Gasteiger partial charge on any atom is -0.352 e. The molecule has 1 aliphatic rings. The number of anilines is 1. The predicted octanol–water partition coefficient (Wildman–Crippen LogP) is 6.43. The molecule has 0 aromatic heterocycles. The molecule has 1 fully saturated rings. The van der Waals surface area contributed by atoms with Crippen molar-refractivity contribution in [3.8, 4) is 0 Å². The highest BCUT2D eigenvalue weighted by molar-refractivity contribution is 7.98. The lowest BCUT2D eigenvalue weighted by atomic mass is 10.1. The molecule has 3 aromatic rings. The number of hydrogen-bond acceptors (Lipinski definition) is 5. The summed E-state index contributed by atoms with van der Waals surface area (Å²) in [5.41, 5.74) is 2.00. The van der Waals surface area contributed by atoms with Gasteiger partial charge in [-0.3, -0.25) is 13.9 Å². The Morgan fingerprint density at radius 3 is 2.24 bits per heavy atom. The third-order valence-corrected chi connectivity index (χ3v) is 10.5. The average Bonchev–Trinajstić information content (AvgIpc) is 3.50. The Bertz CT molecular complexity index is 1470. The van der Waals surface area contributed by atoms with E-state index in [1.165, 1.54) is 16.7 Å². The van der Waals surface area contributed by atoms with Gasteiger partial charge in [-0.15, -0.1) is 11.8 Å². The number of rotatable bonds is 12. The summed E-state index contributed by atoms with van der Waals surface area (Å²) in [6, 6.07) is 20.1. The van der Waals surface area contributed by atoms with Gasteiger partial charge in [0.2, 0.25) is 11.8 Å². The molecule has 1 N–H and O–H groups in total. The largest absolute Gasteiger partial charge is 0.352 e. The molecular formula is C32H38ClN3O4S2. The summed E-state index contributed by atoms with van der Waals surface area (Å²) in [5.74, 6) is -0.726. The van der Waals surface area contributed by atoms with Crippen molar-refractivity contribution >= 4 is 50.9 Å². The van der Waals surface area contributed by atoms with Crippen LogP contribution in [0, 0.1) is 6.92 Å². The molecule has 224 valence electrons. The molecule has 4 rings (SSSR count). The highest BCUT2D eigenvalue weighted by Gasteiger charge is 2.34. The van der Waals surface area contributed by atoms with Crippen LogP contribution >= 0.6 is 23.4 Å². The second kappa shape index (κ2) is 14.4. The van der Waals surface area contributed by atoms with Crippen LogP contribution in [0.1, 0.15) is 50.2 Å². The van der Waals surface area contributed by atoms with Crippen LogP contribution in [0.25, 0.3) is 0 Å². The number of carbonyl (C=O) groups excluding carboxylic acids is 2. The van der Waals surface area contributed by atoms with Gasteiger partial charge in [0.25, 0.3) is 10.0 Å². The zero-order valence-corrected chi connectivity index (χ0v) is 26.6. The molecule has 0 spiro atoms. The molecule has 3 aromatic carbocycles. The number of hydrogen-bond donors (Lipinski definition) is 1. The summed E-state index contributed by atoms with van der Waals surface area (Å²) in [6.07, 6.45) is 6.23. The number of nitrogens with one attached hydrogen (secondary N) is 1. The lowest BCUT2D eigenvalue weighted by Gasteiger charge is -2.34. The predicted molar refractivity (Wildman–Crippen MR) is 170 cm³/mol. The van der Waals surface area contributed by atoms with Gasteiger partial charge >= 0.3 is 0 Å². The Kier molecular flexibility index (Phi) is 11.0. The Morgan fingerprint density at radius 1 is 1.00 bits per heavy atom. The highest BCUT2D eigenvalue weighted by atomic mass is 35.5. The molecule has 0 bridgehead atoms. The molecule has 0 heterocycles. The zero-order valence-electron chi connectivity index (χ0n) is 24.3. The maximum atomic E-state index is 14.2. The van der Waals surface area contributed by atoms with Crippen LogP contribution in [0.5, 0.6) is 0 Å². The van der Waals surface area contributed by atoms with Gasteiger partial charge in [0, 0.05) is 22.5 Å². The van der Waals surface area contributed by atoms with Crippen LogP contribution in [0.2, 0.25) is 5.02 Å². The summed E-state index contributed by atoms with van der Waals surface area (Å²) in [6.45, 7) is 3.36. The van der Waals surface area contributed by atoms with Crippen molar-refractivity contribution in [1.82, 2.24) is 10.2 Å². The fraction of sp³-hybridized carbons (Fsp3) is 0.375. The smallest absolute Gasteiger partial charge is 0.264 e. The summed E-state index contributed by atoms with van der Waals surface area (Å²) < 4.78 is 29.2. The van der Waals surface area contributed by atoms with E-state index in [0.717, 1.165) is 40.4 Å². The van der Waals surface area contributed by atoms with Crippen molar-refractivity contribution in [2.24, 2.45) is 0 Å². The van der Waals surface area contributed by atoms with Crippen molar-refractivity contribution in [3.63, 3.8) is 0 Å². The first-order valence-electron chi connectivity index (χ1n) is 14.2. The van der Waals surface area contributed by atoms with Crippen LogP contribution in [0.4, 0.5) is 5.69 Å². The van der Waals surface area contributed by atoms with Crippen LogP contribution in [0.15, 0.2) is 82.6 Å². The minimum atomic E-state index is -4.12. The molecule has 0 saturated heterocycles. The molecule has 0 aliphatic heterocycles. The van der Waals surface area contributed by atoms with E-state index in [1.54, 1.807) is 48.5 Å².